The minimum atomic E-state index is -0.314. The third-order valence-electron chi connectivity index (χ3n) is 3.78. The van der Waals surface area contributed by atoms with E-state index >= 15 is 0 Å². The average Bonchev–Trinajstić information content (AvgIpc) is 3.05. The predicted octanol–water partition coefficient (Wildman–Crippen LogP) is 4.42. The Morgan fingerprint density at radius 2 is 1.73 bits per heavy atom. The molecule has 0 bridgehead atoms. The van der Waals surface area contributed by atoms with Gasteiger partial charge in [0.15, 0.2) is 0 Å². The van der Waals surface area contributed by atoms with Crippen LogP contribution < -0.4 is 5.32 Å². The quantitative estimate of drug-likeness (QED) is 0.463. The summed E-state index contributed by atoms with van der Waals surface area (Å²) in [6.07, 6.45) is 0. The zero-order valence-electron chi connectivity index (χ0n) is 13.4. The Bertz CT molecular complexity index is 1110. The molecule has 0 aliphatic rings. The maximum Gasteiger partial charge on any atom is 0.255 e. The van der Waals surface area contributed by atoms with Gasteiger partial charge >= 0.3 is 0 Å². The second-order valence-corrected chi connectivity index (χ2v) is 6.88. The van der Waals surface area contributed by atoms with Crippen LogP contribution in [0.3, 0.4) is 0 Å². The lowest BCUT2D eigenvalue weighted by atomic mass is 10.2. The molecule has 26 heavy (non-hydrogen) atoms. The molecule has 1 amide bonds. The first-order valence-corrected chi connectivity index (χ1v) is 8.86. The molecule has 1 N–H and O–H groups in total. The number of carbonyl (C=O) groups excluding carboxylic acids is 1. The molecule has 0 spiro atoms. The van der Waals surface area contributed by atoms with E-state index in [0.717, 1.165) is 3.57 Å². The lowest BCUT2D eigenvalue weighted by molar-refractivity contribution is 0.102. The minimum absolute atomic E-state index is 0.186. The van der Waals surface area contributed by atoms with E-state index in [-0.39, 0.29) is 11.7 Å². The molecule has 128 valence electrons. The first-order chi connectivity index (χ1) is 12.6. The number of carbonyl (C=O) groups is 1. The molecule has 0 unspecified atom stereocenters. The molecular weight excluding hydrogens is 446 g/mol. The molecule has 3 aromatic carbocycles. The Kier molecular flexibility index (Phi) is 4.37. The van der Waals surface area contributed by atoms with Crippen molar-refractivity contribution in [2.45, 2.75) is 0 Å². The summed E-state index contributed by atoms with van der Waals surface area (Å²) >= 11 is 2.17. The summed E-state index contributed by atoms with van der Waals surface area (Å²) in [7, 11) is 0. The zero-order chi connectivity index (χ0) is 18.1. The van der Waals surface area contributed by atoms with Crippen LogP contribution in [0.2, 0.25) is 0 Å². The van der Waals surface area contributed by atoms with Crippen molar-refractivity contribution in [3.8, 4) is 5.69 Å². The summed E-state index contributed by atoms with van der Waals surface area (Å²) < 4.78 is 14.0. The van der Waals surface area contributed by atoms with Crippen LogP contribution in [0.4, 0.5) is 10.1 Å². The molecule has 0 aliphatic heterocycles. The van der Waals surface area contributed by atoms with Crippen molar-refractivity contribution in [2.24, 2.45) is 0 Å². The molecule has 0 saturated carbocycles. The maximum atomic E-state index is 13.1. The van der Waals surface area contributed by atoms with Crippen molar-refractivity contribution in [3.63, 3.8) is 0 Å². The largest absolute Gasteiger partial charge is 0.322 e. The number of amides is 1. The minimum Gasteiger partial charge on any atom is -0.322 e. The van der Waals surface area contributed by atoms with E-state index in [1.165, 1.54) is 16.9 Å². The fourth-order valence-electron chi connectivity index (χ4n) is 2.52. The van der Waals surface area contributed by atoms with Crippen LogP contribution in [-0.4, -0.2) is 20.9 Å². The number of halogens is 2. The van der Waals surface area contributed by atoms with E-state index in [9.17, 15) is 9.18 Å². The number of anilines is 1. The van der Waals surface area contributed by atoms with Gasteiger partial charge in [0.2, 0.25) is 0 Å². The Labute approximate surface area is 162 Å². The first kappa shape index (κ1) is 16.6. The summed E-state index contributed by atoms with van der Waals surface area (Å²) in [5.74, 6) is -0.500. The Balaban J connectivity index is 1.61. The number of benzene rings is 3. The van der Waals surface area contributed by atoms with Gasteiger partial charge in [-0.1, -0.05) is 6.07 Å². The van der Waals surface area contributed by atoms with Crippen molar-refractivity contribution < 1.29 is 9.18 Å². The van der Waals surface area contributed by atoms with Crippen LogP contribution >= 0.6 is 22.6 Å². The second-order valence-electron chi connectivity index (χ2n) is 5.63. The highest BCUT2D eigenvalue weighted by atomic mass is 127. The fourth-order valence-corrected chi connectivity index (χ4v) is 3.06. The van der Waals surface area contributed by atoms with Gasteiger partial charge in [-0.3, -0.25) is 4.79 Å². The molecule has 1 aromatic heterocycles. The zero-order valence-corrected chi connectivity index (χ0v) is 15.5. The SMILES string of the molecule is O=C(Nc1ccc2nn(-c3ccc(F)cc3)nc2c1)c1cccc(I)c1. The number of nitrogens with one attached hydrogen (secondary N) is 1. The van der Waals surface area contributed by atoms with Gasteiger partial charge in [0.05, 0.1) is 5.69 Å². The summed E-state index contributed by atoms with van der Waals surface area (Å²) in [5.41, 5.74) is 3.20. The van der Waals surface area contributed by atoms with Crippen molar-refractivity contribution in [2.75, 3.05) is 5.32 Å². The van der Waals surface area contributed by atoms with E-state index in [4.69, 9.17) is 0 Å². The molecular formula is C19H12FIN4O. The molecule has 1 heterocycles. The van der Waals surface area contributed by atoms with Crippen LogP contribution in [0.15, 0.2) is 66.7 Å². The molecule has 5 nitrogen and oxygen atoms in total. The molecule has 0 saturated heterocycles. The summed E-state index contributed by atoms with van der Waals surface area (Å²) in [4.78, 5) is 13.8. The van der Waals surface area contributed by atoms with Gasteiger partial charge in [-0.15, -0.1) is 10.2 Å². The maximum absolute atomic E-state index is 13.1. The standard InChI is InChI=1S/C19H12FIN4O/c20-13-4-7-16(8-5-13)25-23-17-9-6-15(11-18(17)24-25)22-19(26)12-2-1-3-14(21)10-12/h1-11H,(H,22,26). The van der Waals surface area contributed by atoms with Gasteiger partial charge in [-0.2, -0.15) is 4.80 Å². The molecule has 4 aromatic rings. The Morgan fingerprint density at radius 1 is 0.962 bits per heavy atom. The van der Waals surface area contributed by atoms with Crippen LogP contribution in [0.5, 0.6) is 0 Å². The van der Waals surface area contributed by atoms with E-state index in [0.29, 0.717) is 28.0 Å². The Hall–Kier alpha value is -2.81. The Morgan fingerprint density at radius 3 is 2.50 bits per heavy atom. The summed E-state index contributed by atoms with van der Waals surface area (Å²) in [6.45, 7) is 0. The van der Waals surface area contributed by atoms with Crippen LogP contribution in [0, 0.1) is 9.39 Å². The van der Waals surface area contributed by atoms with Gasteiger partial charge in [-0.05, 0) is 83.3 Å². The number of nitrogens with zero attached hydrogens (tertiary/aromatic N) is 3. The van der Waals surface area contributed by atoms with E-state index in [1.54, 1.807) is 36.4 Å². The predicted molar refractivity (Wildman–Crippen MR) is 106 cm³/mol. The van der Waals surface area contributed by atoms with Gasteiger partial charge < -0.3 is 5.32 Å². The highest BCUT2D eigenvalue weighted by Gasteiger charge is 2.09. The molecule has 0 fully saturated rings. The summed E-state index contributed by atoms with van der Waals surface area (Å²) in [5, 5.41) is 11.6. The third-order valence-corrected chi connectivity index (χ3v) is 4.45. The fraction of sp³-hybridized carbons (Fsp3) is 0. The van der Waals surface area contributed by atoms with Crippen molar-refractivity contribution in [3.05, 3.63) is 81.7 Å². The lowest BCUT2D eigenvalue weighted by Crippen LogP contribution is -2.11. The average molecular weight is 458 g/mol. The number of aromatic nitrogens is 3. The van der Waals surface area contributed by atoms with Crippen molar-refractivity contribution >= 4 is 45.2 Å². The first-order valence-electron chi connectivity index (χ1n) is 7.78. The van der Waals surface area contributed by atoms with E-state index < -0.39 is 0 Å². The van der Waals surface area contributed by atoms with Crippen LogP contribution in [0.25, 0.3) is 16.7 Å². The normalized spacial score (nSPS) is 10.8. The highest BCUT2D eigenvalue weighted by Crippen LogP contribution is 2.19. The number of hydrogen-bond donors (Lipinski definition) is 1. The molecule has 0 aliphatic carbocycles. The van der Waals surface area contributed by atoms with Crippen LogP contribution in [-0.2, 0) is 0 Å². The number of rotatable bonds is 3. The van der Waals surface area contributed by atoms with Gasteiger partial charge in [0, 0.05) is 14.8 Å². The molecule has 7 heteroatoms. The monoisotopic (exact) mass is 458 g/mol. The lowest BCUT2D eigenvalue weighted by Gasteiger charge is -2.05. The third kappa shape index (κ3) is 3.43. The van der Waals surface area contributed by atoms with Crippen LogP contribution in [0.1, 0.15) is 10.4 Å². The van der Waals surface area contributed by atoms with E-state index in [1.807, 2.05) is 18.2 Å². The smallest absolute Gasteiger partial charge is 0.255 e. The topological polar surface area (TPSA) is 59.8 Å². The molecule has 0 atom stereocenters. The van der Waals surface area contributed by atoms with Crippen molar-refractivity contribution in [1.82, 2.24) is 15.0 Å². The van der Waals surface area contributed by atoms with Gasteiger partial charge in [0.25, 0.3) is 5.91 Å². The van der Waals surface area contributed by atoms with Gasteiger partial charge in [-0.25, -0.2) is 4.39 Å². The number of hydrogen-bond acceptors (Lipinski definition) is 3. The van der Waals surface area contributed by atoms with E-state index in [2.05, 4.69) is 38.1 Å². The van der Waals surface area contributed by atoms with Gasteiger partial charge in [0.1, 0.15) is 16.9 Å². The summed E-state index contributed by atoms with van der Waals surface area (Å²) in [6, 6.07) is 18.6. The highest BCUT2D eigenvalue weighted by molar-refractivity contribution is 14.1. The van der Waals surface area contributed by atoms with Crippen molar-refractivity contribution in [1.29, 1.82) is 0 Å². The molecule has 0 radical (unpaired) electrons. The second kappa shape index (κ2) is 6.83. The molecule has 4 rings (SSSR count). The number of fused-ring (bicyclic) bond motifs is 1.